The van der Waals surface area contributed by atoms with Crippen LogP contribution in [0.15, 0.2) is 11.6 Å². The molecular formula is C23H36N2O7. The van der Waals surface area contributed by atoms with Crippen molar-refractivity contribution in [2.45, 2.75) is 75.7 Å². The van der Waals surface area contributed by atoms with Crippen molar-refractivity contribution >= 4 is 12.2 Å². The molecule has 4 fully saturated rings. The number of allylic oxidation sites excluding steroid dienone is 1. The zero-order valence-electron chi connectivity index (χ0n) is 20.0. The molecule has 2 amide bonds. The molecule has 3 saturated heterocycles. The highest BCUT2D eigenvalue weighted by molar-refractivity contribution is 5.70. The number of rotatable bonds is 6. The average molecular weight is 453 g/mol. The van der Waals surface area contributed by atoms with Crippen LogP contribution in [0.2, 0.25) is 0 Å². The fourth-order valence-corrected chi connectivity index (χ4v) is 5.18. The Labute approximate surface area is 189 Å². The van der Waals surface area contributed by atoms with Crippen molar-refractivity contribution in [2.24, 2.45) is 5.92 Å². The topological polar surface area (TPSA) is 93.4 Å². The van der Waals surface area contributed by atoms with Crippen molar-refractivity contribution in [3.05, 3.63) is 11.6 Å². The van der Waals surface area contributed by atoms with Gasteiger partial charge in [0.15, 0.2) is 0 Å². The summed E-state index contributed by atoms with van der Waals surface area (Å²) < 4.78 is 29.3. The maximum atomic E-state index is 12.7. The van der Waals surface area contributed by atoms with Gasteiger partial charge in [0, 0.05) is 21.2 Å². The van der Waals surface area contributed by atoms with Crippen LogP contribution >= 0.6 is 0 Å². The zero-order chi connectivity index (χ0) is 23.3. The van der Waals surface area contributed by atoms with Crippen LogP contribution in [0, 0.1) is 5.92 Å². The SMILES string of the molecule is COC1C(OC(=O)N2CC(OC(=O)N(C)C)C2)CCC2(CO2)C1[C@@]1(C)O[C@@H]1CC=C(C)C. The number of epoxide rings is 2. The number of methoxy groups -OCH3 is 1. The van der Waals surface area contributed by atoms with Gasteiger partial charge in [-0.2, -0.15) is 0 Å². The second kappa shape index (κ2) is 8.50. The minimum atomic E-state index is -0.410. The Balaban J connectivity index is 1.37. The molecule has 4 aliphatic rings. The monoisotopic (exact) mass is 452 g/mol. The van der Waals surface area contributed by atoms with Gasteiger partial charge in [0.1, 0.15) is 29.5 Å². The summed E-state index contributed by atoms with van der Waals surface area (Å²) >= 11 is 0. The summed E-state index contributed by atoms with van der Waals surface area (Å²) in [5, 5.41) is 0. The van der Waals surface area contributed by atoms with Crippen molar-refractivity contribution in [3.63, 3.8) is 0 Å². The standard InChI is InChI=1S/C23H36N2O7/c1-14(2)7-8-17-22(3,32-17)19-18(28-6)16(9-10-23(19)13-29-23)31-21(27)25-11-15(12-25)30-20(26)24(4)5/h7,15-19H,8-13H2,1-6H3/t16?,17-,18?,19?,22+,23?/m1/s1. The normalized spacial score (nSPS) is 38.0. The Hall–Kier alpha value is -1.84. The first-order valence-corrected chi connectivity index (χ1v) is 11.4. The molecule has 3 heterocycles. The molecule has 0 N–H and O–H groups in total. The number of nitrogens with zero attached hydrogens (tertiary/aromatic N) is 2. The van der Waals surface area contributed by atoms with Crippen molar-refractivity contribution in [1.29, 1.82) is 0 Å². The smallest absolute Gasteiger partial charge is 0.410 e. The summed E-state index contributed by atoms with van der Waals surface area (Å²) in [7, 11) is 4.92. The van der Waals surface area contributed by atoms with Gasteiger partial charge in [-0.25, -0.2) is 9.59 Å². The van der Waals surface area contributed by atoms with Crippen LogP contribution in [0.1, 0.15) is 40.0 Å². The predicted molar refractivity (Wildman–Crippen MR) is 115 cm³/mol. The van der Waals surface area contributed by atoms with E-state index in [1.807, 2.05) is 0 Å². The molecular weight excluding hydrogens is 416 g/mol. The van der Waals surface area contributed by atoms with E-state index < -0.39 is 12.2 Å². The van der Waals surface area contributed by atoms with Gasteiger partial charge >= 0.3 is 12.2 Å². The quantitative estimate of drug-likeness (QED) is 0.452. The van der Waals surface area contributed by atoms with Crippen LogP contribution in [0.25, 0.3) is 0 Å². The Morgan fingerprint density at radius 1 is 1.22 bits per heavy atom. The largest absolute Gasteiger partial charge is 0.443 e. The van der Waals surface area contributed by atoms with Gasteiger partial charge < -0.3 is 33.5 Å². The third-order valence-corrected chi connectivity index (χ3v) is 7.23. The highest BCUT2D eigenvalue weighted by Crippen LogP contribution is 2.59. The van der Waals surface area contributed by atoms with Gasteiger partial charge in [-0.15, -0.1) is 0 Å². The first-order chi connectivity index (χ1) is 15.1. The lowest BCUT2D eigenvalue weighted by Gasteiger charge is -2.44. The number of amides is 2. The van der Waals surface area contributed by atoms with Gasteiger partial charge in [-0.05, 0) is 40.0 Å². The summed E-state index contributed by atoms with van der Waals surface area (Å²) in [6.45, 7) is 7.66. The van der Waals surface area contributed by atoms with Gasteiger partial charge in [-0.3, -0.25) is 0 Å². The number of hydrogen-bond acceptors (Lipinski definition) is 7. The first kappa shape index (κ1) is 23.3. The second-order valence-electron chi connectivity index (χ2n) is 10.1. The van der Waals surface area contributed by atoms with E-state index >= 15 is 0 Å². The van der Waals surface area contributed by atoms with E-state index in [9.17, 15) is 9.59 Å². The molecule has 180 valence electrons. The predicted octanol–water partition coefficient (Wildman–Crippen LogP) is 2.58. The van der Waals surface area contributed by atoms with Crippen molar-refractivity contribution < 1.29 is 33.3 Å². The molecule has 1 aliphatic carbocycles. The van der Waals surface area contributed by atoms with Crippen LogP contribution in [0.5, 0.6) is 0 Å². The number of likely N-dealkylation sites (tertiary alicyclic amines) is 1. The lowest BCUT2D eigenvalue weighted by Crippen LogP contribution is -2.59. The fraction of sp³-hybridized carbons (Fsp3) is 0.826. The highest BCUT2D eigenvalue weighted by atomic mass is 16.6. The van der Waals surface area contributed by atoms with Crippen LogP contribution < -0.4 is 0 Å². The van der Waals surface area contributed by atoms with E-state index in [4.69, 9.17) is 23.7 Å². The van der Waals surface area contributed by atoms with E-state index in [-0.39, 0.29) is 41.5 Å². The van der Waals surface area contributed by atoms with Gasteiger partial charge in [-0.1, -0.05) is 11.6 Å². The lowest BCUT2D eigenvalue weighted by molar-refractivity contribution is -0.126. The minimum absolute atomic E-state index is 0.00713. The van der Waals surface area contributed by atoms with Crippen LogP contribution in [0.3, 0.4) is 0 Å². The third kappa shape index (κ3) is 4.34. The average Bonchev–Trinajstić information content (AvgIpc) is 3.61. The van der Waals surface area contributed by atoms with E-state index in [0.29, 0.717) is 26.1 Å². The number of carbonyl (C=O) groups is 2. The molecule has 9 nitrogen and oxygen atoms in total. The maximum absolute atomic E-state index is 12.7. The molecule has 3 aliphatic heterocycles. The molecule has 4 unspecified atom stereocenters. The number of hydrogen-bond donors (Lipinski definition) is 0. The van der Waals surface area contributed by atoms with Crippen LogP contribution in [0.4, 0.5) is 9.59 Å². The highest BCUT2D eigenvalue weighted by Gasteiger charge is 2.72. The molecule has 0 aromatic rings. The molecule has 4 rings (SSSR count). The summed E-state index contributed by atoms with van der Waals surface area (Å²) in [6.07, 6.45) is 2.87. The van der Waals surface area contributed by atoms with Crippen LogP contribution in [-0.4, -0.2) is 98.5 Å². The van der Waals surface area contributed by atoms with Gasteiger partial charge in [0.25, 0.3) is 0 Å². The molecule has 0 aromatic heterocycles. The van der Waals surface area contributed by atoms with Crippen LogP contribution in [-0.2, 0) is 23.7 Å². The molecule has 0 aromatic carbocycles. The lowest BCUT2D eigenvalue weighted by atomic mass is 9.68. The number of ether oxygens (including phenoxy) is 5. The molecule has 1 saturated carbocycles. The van der Waals surface area contributed by atoms with Crippen molar-refractivity contribution in [2.75, 3.05) is 40.9 Å². The summed E-state index contributed by atoms with van der Waals surface area (Å²) in [6, 6.07) is 0. The molecule has 0 radical (unpaired) electrons. The van der Waals surface area contributed by atoms with Gasteiger partial charge in [0.2, 0.25) is 0 Å². The minimum Gasteiger partial charge on any atom is -0.443 e. The summed E-state index contributed by atoms with van der Waals surface area (Å²) in [5.74, 6) is -0.00713. The Morgan fingerprint density at radius 2 is 1.91 bits per heavy atom. The maximum Gasteiger partial charge on any atom is 0.410 e. The van der Waals surface area contributed by atoms with E-state index in [0.717, 1.165) is 12.8 Å². The Bertz CT molecular complexity index is 770. The molecule has 9 heteroatoms. The van der Waals surface area contributed by atoms with Gasteiger partial charge in [0.05, 0.1) is 31.7 Å². The van der Waals surface area contributed by atoms with E-state index in [1.165, 1.54) is 10.5 Å². The fourth-order valence-electron chi connectivity index (χ4n) is 5.18. The second-order valence-corrected chi connectivity index (χ2v) is 10.1. The summed E-state index contributed by atoms with van der Waals surface area (Å²) in [4.78, 5) is 27.3. The number of carbonyl (C=O) groups excluding carboxylic acids is 2. The molecule has 1 spiro atoms. The Kier molecular flexibility index (Phi) is 6.19. The van der Waals surface area contributed by atoms with E-state index in [2.05, 4.69) is 26.8 Å². The molecule has 32 heavy (non-hydrogen) atoms. The Morgan fingerprint density at radius 3 is 2.47 bits per heavy atom. The third-order valence-electron chi connectivity index (χ3n) is 7.23. The molecule has 6 atom stereocenters. The van der Waals surface area contributed by atoms with E-state index in [1.54, 1.807) is 26.1 Å². The summed E-state index contributed by atoms with van der Waals surface area (Å²) in [5.41, 5.74) is 0.652. The first-order valence-electron chi connectivity index (χ1n) is 11.4. The van der Waals surface area contributed by atoms with Crippen molar-refractivity contribution in [1.82, 2.24) is 9.80 Å². The zero-order valence-corrected chi connectivity index (χ0v) is 20.0. The van der Waals surface area contributed by atoms with Crippen molar-refractivity contribution in [3.8, 4) is 0 Å². The molecule has 0 bridgehead atoms.